The molecule has 0 saturated carbocycles. The lowest BCUT2D eigenvalue weighted by molar-refractivity contribution is -0.127. The van der Waals surface area contributed by atoms with E-state index in [0.717, 1.165) is 6.07 Å². The Hall–Kier alpha value is -3.26. The molecule has 1 aliphatic rings. The molecule has 1 fully saturated rings. The number of carbonyl (C=O) groups is 1. The molecule has 3 aromatic rings. The Balaban J connectivity index is 1.91. The molecule has 0 bridgehead atoms. The number of phenolic OH excluding ortho intramolecular Hbond substituents is 1. The average Bonchev–Trinajstić information content (AvgIpc) is 2.75. The third-order valence-electron chi connectivity index (χ3n) is 5.87. The van der Waals surface area contributed by atoms with Crippen LogP contribution >= 0.6 is 11.6 Å². The third-order valence-corrected chi connectivity index (χ3v) is 6.16. The number of aryl methyl sites for hydroxylation is 1. The Morgan fingerprint density at radius 2 is 1.88 bits per heavy atom. The van der Waals surface area contributed by atoms with Crippen molar-refractivity contribution in [3.63, 3.8) is 0 Å². The minimum Gasteiger partial charge on any atom is -0.507 e. The molecule has 0 unspecified atom stereocenters. The molecule has 2 aromatic carbocycles. The van der Waals surface area contributed by atoms with Crippen molar-refractivity contribution in [2.24, 2.45) is 0 Å². The van der Waals surface area contributed by atoms with E-state index < -0.39 is 17.4 Å². The first-order valence-electron chi connectivity index (χ1n) is 10.5. The topological polar surface area (TPSA) is 69.6 Å². The fraction of sp³-hybridized carbons (Fsp3) is 0.292. The number of phenols is 1. The number of nitrogens with zero attached hydrogens (tertiary/aromatic N) is 4. The van der Waals surface area contributed by atoms with Crippen LogP contribution in [0.3, 0.4) is 0 Å². The number of aromatic hydroxyl groups is 1. The van der Waals surface area contributed by atoms with Gasteiger partial charge >= 0.3 is 0 Å². The molecular weight excluding hydrogens is 450 g/mol. The van der Waals surface area contributed by atoms with Crippen molar-refractivity contribution < 1.29 is 18.7 Å². The molecular formula is C24H23ClF2N4O2. The van der Waals surface area contributed by atoms with Crippen LogP contribution in [0.2, 0.25) is 5.02 Å². The Morgan fingerprint density at radius 1 is 1.21 bits per heavy atom. The standard InChI is InChI=1S/C24H23ClF2N4O2/c1-5-19(33)30-10-12(2)31(13(3)11-30)24-15-9-16(25)20(21-17(26)7-6-8-18(21)32)22(27)23(15)28-14(4)29-24/h5-9,12-13,32H,1,10-11H2,2-4H3/t12-,13+. The lowest BCUT2D eigenvalue weighted by Gasteiger charge is -2.45. The van der Waals surface area contributed by atoms with Gasteiger partial charge in [0.1, 0.15) is 28.7 Å². The summed E-state index contributed by atoms with van der Waals surface area (Å²) in [5, 5.41) is 10.5. The number of fused-ring (bicyclic) bond motifs is 1. The third kappa shape index (κ3) is 3.88. The fourth-order valence-electron chi connectivity index (χ4n) is 4.52. The first-order valence-corrected chi connectivity index (χ1v) is 10.9. The molecule has 2 atom stereocenters. The van der Waals surface area contributed by atoms with E-state index >= 15 is 4.39 Å². The monoisotopic (exact) mass is 472 g/mol. The number of rotatable bonds is 3. The second-order valence-corrected chi connectivity index (χ2v) is 8.63. The van der Waals surface area contributed by atoms with Crippen molar-refractivity contribution in [3.8, 4) is 16.9 Å². The van der Waals surface area contributed by atoms with Crippen LogP contribution in [0, 0.1) is 18.6 Å². The number of hydrogen-bond acceptors (Lipinski definition) is 5. The summed E-state index contributed by atoms with van der Waals surface area (Å²) in [6.07, 6.45) is 1.29. The Kier molecular flexibility index (Phi) is 5.97. The fourth-order valence-corrected chi connectivity index (χ4v) is 4.81. The lowest BCUT2D eigenvalue weighted by Crippen LogP contribution is -2.58. The molecule has 172 valence electrons. The number of halogens is 3. The highest BCUT2D eigenvalue weighted by atomic mass is 35.5. The van der Waals surface area contributed by atoms with Crippen LogP contribution in [0.4, 0.5) is 14.6 Å². The second-order valence-electron chi connectivity index (χ2n) is 8.22. The quantitative estimate of drug-likeness (QED) is 0.552. The van der Waals surface area contributed by atoms with E-state index in [4.69, 9.17) is 11.6 Å². The molecule has 33 heavy (non-hydrogen) atoms. The number of amides is 1. The van der Waals surface area contributed by atoms with Crippen LogP contribution in [0.5, 0.6) is 5.75 Å². The maximum absolute atomic E-state index is 15.8. The Bertz CT molecular complexity index is 1250. The zero-order chi connectivity index (χ0) is 24.0. The number of aromatic nitrogens is 2. The molecule has 1 amide bonds. The van der Waals surface area contributed by atoms with E-state index in [1.165, 1.54) is 24.3 Å². The molecule has 4 rings (SSSR count). The highest BCUT2D eigenvalue weighted by Gasteiger charge is 2.34. The maximum Gasteiger partial charge on any atom is 0.246 e. The molecule has 1 N–H and O–H groups in total. The molecule has 1 aromatic heterocycles. The van der Waals surface area contributed by atoms with E-state index in [-0.39, 0.29) is 39.7 Å². The molecule has 1 saturated heterocycles. The van der Waals surface area contributed by atoms with Crippen molar-refractivity contribution in [2.75, 3.05) is 18.0 Å². The van der Waals surface area contributed by atoms with Gasteiger partial charge in [-0.2, -0.15) is 0 Å². The van der Waals surface area contributed by atoms with Gasteiger partial charge < -0.3 is 14.9 Å². The predicted octanol–water partition coefficient (Wildman–Crippen LogP) is 4.85. The first kappa shape index (κ1) is 22.9. The smallest absolute Gasteiger partial charge is 0.246 e. The molecule has 2 heterocycles. The van der Waals surface area contributed by atoms with Crippen LogP contribution in [0.15, 0.2) is 36.9 Å². The van der Waals surface area contributed by atoms with Gasteiger partial charge in [0, 0.05) is 36.1 Å². The summed E-state index contributed by atoms with van der Waals surface area (Å²) in [5.74, 6) is -1.41. The van der Waals surface area contributed by atoms with Crippen molar-refractivity contribution >= 4 is 34.2 Å². The van der Waals surface area contributed by atoms with Gasteiger partial charge in [-0.1, -0.05) is 24.2 Å². The van der Waals surface area contributed by atoms with Crippen LogP contribution in [-0.2, 0) is 4.79 Å². The average molecular weight is 473 g/mol. The molecule has 0 radical (unpaired) electrons. The van der Waals surface area contributed by atoms with Crippen LogP contribution in [-0.4, -0.2) is 51.1 Å². The Labute approximate surface area is 195 Å². The van der Waals surface area contributed by atoms with Gasteiger partial charge in [-0.15, -0.1) is 0 Å². The number of carbonyl (C=O) groups excluding carboxylic acids is 1. The summed E-state index contributed by atoms with van der Waals surface area (Å²) in [5.41, 5.74) is -0.604. The zero-order valence-electron chi connectivity index (χ0n) is 18.4. The molecule has 0 spiro atoms. The highest BCUT2D eigenvalue weighted by molar-refractivity contribution is 6.34. The largest absolute Gasteiger partial charge is 0.507 e. The van der Waals surface area contributed by atoms with Gasteiger partial charge in [-0.05, 0) is 45.0 Å². The minimum absolute atomic E-state index is 0.0245. The summed E-state index contributed by atoms with van der Waals surface area (Å²) in [6.45, 7) is 9.98. The van der Waals surface area contributed by atoms with Crippen LogP contribution < -0.4 is 4.90 Å². The second kappa shape index (κ2) is 8.59. The summed E-state index contributed by atoms with van der Waals surface area (Å²) < 4.78 is 30.3. The van der Waals surface area contributed by atoms with Gasteiger partial charge in [-0.3, -0.25) is 4.79 Å². The predicted molar refractivity (Wildman–Crippen MR) is 124 cm³/mol. The Morgan fingerprint density at radius 3 is 2.48 bits per heavy atom. The highest BCUT2D eigenvalue weighted by Crippen LogP contribution is 2.42. The molecule has 9 heteroatoms. The van der Waals surface area contributed by atoms with E-state index in [9.17, 15) is 14.3 Å². The summed E-state index contributed by atoms with van der Waals surface area (Å²) in [7, 11) is 0. The van der Waals surface area contributed by atoms with E-state index in [1.54, 1.807) is 11.8 Å². The van der Waals surface area contributed by atoms with Crippen molar-refractivity contribution in [2.45, 2.75) is 32.9 Å². The van der Waals surface area contributed by atoms with E-state index in [2.05, 4.69) is 16.5 Å². The van der Waals surface area contributed by atoms with Gasteiger partial charge in [0.05, 0.1) is 10.6 Å². The van der Waals surface area contributed by atoms with Crippen molar-refractivity contribution in [1.29, 1.82) is 0 Å². The summed E-state index contributed by atoms with van der Waals surface area (Å²) in [6, 6.07) is 4.95. The first-order chi connectivity index (χ1) is 15.6. The maximum atomic E-state index is 15.8. The van der Waals surface area contributed by atoms with Gasteiger partial charge in [0.2, 0.25) is 5.91 Å². The molecule has 6 nitrogen and oxygen atoms in total. The summed E-state index contributed by atoms with van der Waals surface area (Å²) >= 11 is 6.44. The summed E-state index contributed by atoms with van der Waals surface area (Å²) in [4.78, 5) is 24.7. The lowest BCUT2D eigenvalue weighted by atomic mass is 10.00. The molecule has 0 aliphatic carbocycles. The van der Waals surface area contributed by atoms with Gasteiger partial charge in [0.25, 0.3) is 0 Å². The zero-order valence-corrected chi connectivity index (χ0v) is 19.2. The SMILES string of the molecule is C=CC(=O)N1C[C@@H](C)N(c2nc(C)nc3c(F)c(-c4c(O)cccc4F)c(Cl)cc23)[C@@H](C)C1. The van der Waals surface area contributed by atoms with E-state index in [0.29, 0.717) is 30.1 Å². The van der Waals surface area contributed by atoms with Crippen molar-refractivity contribution in [1.82, 2.24) is 14.9 Å². The number of anilines is 1. The number of piperazine rings is 1. The van der Waals surface area contributed by atoms with E-state index in [1.807, 2.05) is 18.7 Å². The normalized spacial score (nSPS) is 18.6. The van der Waals surface area contributed by atoms with Crippen LogP contribution in [0.25, 0.3) is 22.0 Å². The molecule has 1 aliphatic heterocycles. The minimum atomic E-state index is -0.842. The van der Waals surface area contributed by atoms with Gasteiger partial charge in [0.15, 0.2) is 5.82 Å². The number of hydrogen-bond donors (Lipinski definition) is 1. The van der Waals surface area contributed by atoms with Crippen molar-refractivity contribution in [3.05, 3.63) is 59.4 Å². The van der Waals surface area contributed by atoms with Crippen LogP contribution in [0.1, 0.15) is 19.7 Å². The van der Waals surface area contributed by atoms with Gasteiger partial charge in [-0.25, -0.2) is 18.7 Å². The number of benzene rings is 2.